The number of hydrogen-bond acceptors (Lipinski definition) is 6. The first-order valence-corrected chi connectivity index (χ1v) is 8.43. The molecule has 0 bridgehead atoms. The van der Waals surface area contributed by atoms with Crippen molar-refractivity contribution >= 4 is 11.8 Å². The molecule has 8 nitrogen and oxygen atoms in total. The number of morpholine rings is 1. The van der Waals surface area contributed by atoms with E-state index < -0.39 is 6.10 Å². The van der Waals surface area contributed by atoms with Gasteiger partial charge >= 0.3 is 0 Å². The number of ether oxygens (including phenoxy) is 1. The van der Waals surface area contributed by atoms with Gasteiger partial charge in [0, 0.05) is 25.4 Å². The highest BCUT2D eigenvalue weighted by atomic mass is 16.5. The number of carbonyl (C=O) groups excluding carboxylic acids is 2. The lowest BCUT2D eigenvalue weighted by Gasteiger charge is -2.32. The van der Waals surface area contributed by atoms with Crippen LogP contribution in [0.4, 0.5) is 0 Å². The molecule has 2 aromatic heterocycles. The van der Waals surface area contributed by atoms with Gasteiger partial charge < -0.3 is 15.0 Å². The van der Waals surface area contributed by atoms with Gasteiger partial charge in [0.1, 0.15) is 11.8 Å². The van der Waals surface area contributed by atoms with Crippen molar-refractivity contribution in [1.29, 1.82) is 0 Å². The summed E-state index contributed by atoms with van der Waals surface area (Å²) in [6, 6.07) is 7.13. The second-order valence-electron chi connectivity index (χ2n) is 6.09. The molecule has 1 aliphatic heterocycles. The molecule has 0 aromatic carbocycles. The quantitative estimate of drug-likeness (QED) is 0.880. The van der Waals surface area contributed by atoms with Gasteiger partial charge in [-0.2, -0.15) is 0 Å². The Balaban J connectivity index is 1.71. The van der Waals surface area contributed by atoms with E-state index in [4.69, 9.17) is 4.74 Å². The van der Waals surface area contributed by atoms with E-state index in [-0.39, 0.29) is 11.8 Å². The van der Waals surface area contributed by atoms with Crippen molar-refractivity contribution in [3.05, 3.63) is 53.4 Å². The van der Waals surface area contributed by atoms with Crippen LogP contribution in [-0.4, -0.2) is 51.4 Å². The number of rotatable bonds is 4. The number of aryl methyl sites for hydroxylation is 1. The lowest BCUT2D eigenvalue weighted by atomic mass is 10.2. The Labute approximate surface area is 151 Å². The number of nitrogens with one attached hydrogen (secondary N) is 1. The Morgan fingerprint density at radius 2 is 2.15 bits per heavy atom. The first-order chi connectivity index (χ1) is 12.5. The molecule has 1 saturated heterocycles. The highest BCUT2D eigenvalue weighted by Gasteiger charge is 2.28. The van der Waals surface area contributed by atoms with E-state index in [1.54, 1.807) is 23.2 Å². The molecule has 136 valence electrons. The third-order valence-corrected chi connectivity index (χ3v) is 4.00. The summed E-state index contributed by atoms with van der Waals surface area (Å²) in [5.41, 5.74) is 1.92. The normalized spacial score (nSPS) is 17.0. The van der Waals surface area contributed by atoms with Crippen LogP contribution >= 0.6 is 0 Å². The highest BCUT2D eigenvalue weighted by Crippen LogP contribution is 2.20. The lowest BCUT2D eigenvalue weighted by molar-refractivity contribution is -0.119. The first-order valence-electron chi connectivity index (χ1n) is 8.43. The number of pyridine rings is 1. The minimum absolute atomic E-state index is 0.124. The molecule has 8 heteroatoms. The maximum atomic E-state index is 12.7. The third-order valence-electron chi connectivity index (χ3n) is 4.00. The van der Waals surface area contributed by atoms with Crippen LogP contribution in [-0.2, 0) is 16.1 Å². The number of amides is 2. The van der Waals surface area contributed by atoms with Crippen LogP contribution in [0.1, 0.15) is 40.7 Å². The molecule has 1 N–H and O–H groups in total. The molecular weight excluding hydrogens is 334 g/mol. The molecule has 2 amide bonds. The summed E-state index contributed by atoms with van der Waals surface area (Å²) in [5, 5.41) is 2.70. The van der Waals surface area contributed by atoms with Gasteiger partial charge in [0.05, 0.1) is 25.4 Å². The van der Waals surface area contributed by atoms with E-state index in [2.05, 4.69) is 20.3 Å². The predicted molar refractivity (Wildman–Crippen MR) is 93.1 cm³/mol. The minimum atomic E-state index is -0.408. The number of carbonyl (C=O) groups is 2. The van der Waals surface area contributed by atoms with Gasteiger partial charge in [-0.3, -0.25) is 9.59 Å². The molecule has 0 spiro atoms. The van der Waals surface area contributed by atoms with Gasteiger partial charge in [0.2, 0.25) is 5.91 Å². The van der Waals surface area contributed by atoms with Gasteiger partial charge in [-0.1, -0.05) is 6.07 Å². The van der Waals surface area contributed by atoms with Crippen LogP contribution in [0.5, 0.6) is 0 Å². The van der Waals surface area contributed by atoms with Gasteiger partial charge in [0.25, 0.3) is 5.91 Å². The molecule has 1 aliphatic rings. The zero-order valence-electron chi connectivity index (χ0n) is 14.8. The lowest BCUT2D eigenvalue weighted by Crippen LogP contribution is -2.43. The molecule has 1 fully saturated rings. The molecule has 3 heterocycles. The van der Waals surface area contributed by atoms with Crippen LogP contribution in [0, 0.1) is 6.92 Å². The zero-order chi connectivity index (χ0) is 18.5. The Kier molecular flexibility index (Phi) is 5.52. The van der Waals surface area contributed by atoms with Crippen molar-refractivity contribution in [1.82, 2.24) is 25.2 Å². The summed E-state index contributed by atoms with van der Waals surface area (Å²) in [6.45, 7) is 4.89. The smallest absolute Gasteiger partial charge is 0.272 e. The molecular formula is C18H21N5O3. The van der Waals surface area contributed by atoms with E-state index >= 15 is 0 Å². The van der Waals surface area contributed by atoms with Gasteiger partial charge in [-0.25, -0.2) is 15.0 Å². The molecule has 0 aliphatic carbocycles. The molecule has 0 unspecified atom stereocenters. The molecule has 26 heavy (non-hydrogen) atoms. The Morgan fingerprint density at radius 1 is 1.31 bits per heavy atom. The van der Waals surface area contributed by atoms with Crippen molar-refractivity contribution in [2.24, 2.45) is 0 Å². The Morgan fingerprint density at radius 3 is 2.92 bits per heavy atom. The van der Waals surface area contributed by atoms with E-state index in [9.17, 15) is 9.59 Å². The number of nitrogens with zero attached hydrogens (tertiary/aromatic N) is 4. The minimum Gasteiger partial charge on any atom is -0.367 e. The number of hydrogen-bond donors (Lipinski definition) is 1. The van der Waals surface area contributed by atoms with E-state index in [1.807, 2.05) is 19.1 Å². The summed E-state index contributed by atoms with van der Waals surface area (Å²) < 4.78 is 5.76. The SMILES string of the molecule is CC(=O)NCc1ccnc([C@@H]2CN(C(=O)c3cccc(C)n3)CCO2)n1. The molecule has 1 atom stereocenters. The summed E-state index contributed by atoms with van der Waals surface area (Å²) in [4.78, 5) is 38.5. The van der Waals surface area contributed by atoms with E-state index in [1.165, 1.54) is 6.92 Å². The van der Waals surface area contributed by atoms with E-state index in [0.717, 1.165) is 5.69 Å². The van der Waals surface area contributed by atoms with Crippen LogP contribution in [0.3, 0.4) is 0 Å². The van der Waals surface area contributed by atoms with Crippen LogP contribution in [0.15, 0.2) is 30.5 Å². The monoisotopic (exact) mass is 355 g/mol. The zero-order valence-corrected chi connectivity index (χ0v) is 14.8. The van der Waals surface area contributed by atoms with Crippen LogP contribution in [0.2, 0.25) is 0 Å². The van der Waals surface area contributed by atoms with Crippen molar-refractivity contribution in [3.8, 4) is 0 Å². The predicted octanol–water partition coefficient (Wildman–Crippen LogP) is 1.03. The summed E-state index contributed by atoms with van der Waals surface area (Å²) in [5.74, 6) is 0.250. The maximum absolute atomic E-state index is 12.7. The van der Waals surface area contributed by atoms with Gasteiger partial charge in [-0.15, -0.1) is 0 Å². The molecule has 2 aromatic rings. The van der Waals surface area contributed by atoms with Gasteiger partial charge in [0.15, 0.2) is 5.82 Å². The van der Waals surface area contributed by atoms with Crippen LogP contribution < -0.4 is 5.32 Å². The first kappa shape index (κ1) is 17.9. The Bertz CT molecular complexity index is 811. The van der Waals surface area contributed by atoms with Crippen molar-refractivity contribution in [2.75, 3.05) is 19.7 Å². The number of aromatic nitrogens is 3. The van der Waals surface area contributed by atoms with Crippen molar-refractivity contribution < 1.29 is 14.3 Å². The third kappa shape index (κ3) is 4.40. The fourth-order valence-corrected chi connectivity index (χ4v) is 2.70. The van der Waals surface area contributed by atoms with Crippen LogP contribution in [0.25, 0.3) is 0 Å². The average Bonchev–Trinajstić information content (AvgIpc) is 2.66. The fourth-order valence-electron chi connectivity index (χ4n) is 2.70. The van der Waals surface area contributed by atoms with Crippen molar-refractivity contribution in [2.45, 2.75) is 26.5 Å². The Hall–Kier alpha value is -2.87. The molecule has 0 radical (unpaired) electrons. The summed E-state index contributed by atoms with van der Waals surface area (Å²) in [7, 11) is 0. The maximum Gasteiger partial charge on any atom is 0.272 e. The summed E-state index contributed by atoms with van der Waals surface area (Å²) >= 11 is 0. The standard InChI is InChI=1S/C18H21N5O3/c1-12-4-3-5-15(21-12)18(25)23-8-9-26-16(11-23)17-19-7-6-14(22-17)10-20-13(2)24/h3-7,16H,8-11H2,1-2H3,(H,20,24)/t16-/m0/s1. The van der Waals surface area contributed by atoms with Gasteiger partial charge in [-0.05, 0) is 25.1 Å². The topological polar surface area (TPSA) is 97.3 Å². The fraction of sp³-hybridized carbons (Fsp3) is 0.389. The summed E-state index contributed by atoms with van der Waals surface area (Å²) in [6.07, 6.45) is 1.22. The molecule has 3 rings (SSSR count). The molecule has 0 saturated carbocycles. The average molecular weight is 355 g/mol. The second kappa shape index (κ2) is 8.01. The largest absolute Gasteiger partial charge is 0.367 e. The highest BCUT2D eigenvalue weighted by molar-refractivity contribution is 5.92. The van der Waals surface area contributed by atoms with E-state index in [0.29, 0.717) is 43.5 Å². The second-order valence-corrected chi connectivity index (χ2v) is 6.09. The van der Waals surface area contributed by atoms with Crippen molar-refractivity contribution in [3.63, 3.8) is 0 Å².